The normalized spacial score (nSPS) is 12.3. The van der Waals surface area contributed by atoms with Crippen LogP contribution in [-0.2, 0) is 11.3 Å². The molecule has 21 heavy (non-hydrogen) atoms. The molecular weight excluding hydrogens is 266 g/mol. The van der Waals surface area contributed by atoms with Crippen LogP contribution in [0.3, 0.4) is 0 Å². The van der Waals surface area contributed by atoms with E-state index in [0.717, 1.165) is 11.3 Å². The van der Waals surface area contributed by atoms with E-state index in [2.05, 4.69) is 10.8 Å². The van der Waals surface area contributed by atoms with Crippen LogP contribution in [0, 0.1) is 0 Å². The second-order valence-corrected chi connectivity index (χ2v) is 4.41. The SMILES string of the molecule is NC(/C=C\Nc1ccccc1)OCc1ccccc1NO. The molecule has 0 aliphatic carbocycles. The zero-order valence-electron chi connectivity index (χ0n) is 11.6. The van der Waals surface area contributed by atoms with E-state index in [1.807, 2.05) is 48.5 Å². The first-order valence-corrected chi connectivity index (χ1v) is 6.63. The van der Waals surface area contributed by atoms with Crippen LogP contribution >= 0.6 is 0 Å². The summed E-state index contributed by atoms with van der Waals surface area (Å²) in [7, 11) is 0. The van der Waals surface area contributed by atoms with Crippen LogP contribution in [0.4, 0.5) is 11.4 Å². The molecule has 2 aromatic carbocycles. The van der Waals surface area contributed by atoms with E-state index in [-0.39, 0.29) is 0 Å². The molecule has 0 saturated heterocycles. The molecule has 0 heterocycles. The maximum atomic E-state index is 8.99. The number of rotatable bonds is 7. The standard InChI is InChI=1S/C16H19N3O2/c17-16(10-11-18-14-7-2-1-3-8-14)21-12-13-6-4-5-9-15(13)19-20/h1-11,16,18-20H,12,17H2/b11-10-. The zero-order valence-corrected chi connectivity index (χ0v) is 11.6. The number of hydrogen-bond donors (Lipinski definition) is 4. The van der Waals surface area contributed by atoms with E-state index >= 15 is 0 Å². The summed E-state index contributed by atoms with van der Waals surface area (Å²) in [5.41, 5.74) is 10.4. The molecule has 5 N–H and O–H groups in total. The minimum absolute atomic E-state index is 0.306. The second kappa shape index (κ2) is 8.06. The van der Waals surface area contributed by atoms with Crippen molar-refractivity contribution >= 4 is 11.4 Å². The van der Waals surface area contributed by atoms with E-state index in [1.54, 1.807) is 18.3 Å². The molecule has 0 saturated carbocycles. The third-order valence-corrected chi connectivity index (χ3v) is 2.88. The van der Waals surface area contributed by atoms with Crippen LogP contribution in [0.15, 0.2) is 66.9 Å². The Morgan fingerprint density at radius 2 is 1.81 bits per heavy atom. The van der Waals surface area contributed by atoms with E-state index in [9.17, 15) is 0 Å². The highest BCUT2D eigenvalue weighted by atomic mass is 16.5. The fourth-order valence-corrected chi connectivity index (χ4v) is 1.77. The van der Waals surface area contributed by atoms with Gasteiger partial charge in [-0.25, -0.2) is 0 Å². The zero-order chi connectivity index (χ0) is 14.9. The Morgan fingerprint density at radius 1 is 1.10 bits per heavy atom. The Labute approximate surface area is 124 Å². The van der Waals surface area contributed by atoms with Gasteiger partial charge < -0.3 is 15.8 Å². The predicted octanol–water partition coefficient (Wildman–Crippen LogP) is 2.91. The van der Waals surface area contributed by atoms with Crippen LogP contribution in [0.2, 0.25) is 0 Å². The summed E-state index contributed by atoms with van der Waals surface area (Å²) < 4.78 is 5.51. The Bertz CT molecular complexity index is 573. The van der Waals surface area contributed by atoms with Gasteiger partial charge in [-0.1, -0.05) is 36.4 Å². The molecule has 0 fully saturated rings. The minimum Gasteiger partial charge on any atom is -0.362 e. The fourth-order valence-electron chi connectivity index (χ4n) is 1.77. The quantitative estimate of drug-likeness (QED) is 0.464. The third-order valence-electron chi connectivity index (χ3n) is 2.88. The summed E-state index contributed by atoms with van der Waals surface area (Å²) in [5.74, 6) is 0. The lowest BCUT2D eigenvalue weighted by atomic mass is 10.2. The Hall–Kier alpha value is -2.34. The Balaban J connectivity index is 1.80. The van der Waals surface area contributed by atoms with Gasteiger partial charge in [0.05, 0.1) is 12.3 Å². The molecule has 2 aromatic rings. The van der Waals surface area contributed by atoms with Crippen molar-refractivity contribution in [3.63, 3.8) is 0 Å². The molecule has 2 rings (SSSR count). The predicted molar refractivity (Wildman–Crippen MR) is 83.8 cm³/mol. The van der Waals surface area contributed by atoms with Crippen LogP contribution in [-0.4, -0.2) is 11.4 Å². The van der Waals surface area contributed by atoms with E-state index in [0.29, 0.717) is 12.3 Å². The first-order valence-electron chi connectivity index (χ1n) is 6.63. The van der Waals surface area contributed by atoms with E-state index in [4.69, 9.17) is 15.7 Å². The molecule has 0 radical (unpaired) electrons. The fraction of sp³-hybridized carbons (Fsp3) is 0.125. The van der Waals surface area contributed by atoms with Crippen molar-refractivity contribution in [3.8, 4) is 0 Å². The maximum Gasteiger partial charge on any atom is 0.126 e. The van der Waals surface area contributed by atoms with Crippen molar-refractivity contribution in [2.75, 3.05) is 10.8 Å². The Morgan fingerprint density at radius 3 is 2.57 bits per heavy atom. The van der Waals surface area contributed by atoms with Crippen molar-refractivity contribution in [3.05, 3.63) is 72.4 Å². The lowest BCUT2D eigenvalue weighted by Gasteiger charge is -2.11. The monoisotopic (exact) mass is 285 g/mol. The number of nitrogens with one attached hydrogen (secondary N) is 2. The summed E-state index contributed by atoms with van der Waals surface area (Å²) in [4.78, 5) is 0. The first-order chi connectivity index (χ1) is 10.3. The number of ether oxygens (including phenoxy) is 1. The average molecular weight is 285 g/mol. The van der Waals surface area contributed by atoms with Crippen molar-refractivity contribution in [2.24, 2.45) is 5.73 Å². The summed E-state index contributed by atoms with van der Waals surface area (Å²) in [6.07, 6.45) is 2.94. The van der Waals surface area contributed by atoms with Crippen LogP contribution < -0.4 is 16.5 Å². The molecule has 0 spiro atoms. The molecule has 1 atom stereocenters. The van der Waals surface area contributed by atoms with Gasteiger partial charge >= 0.3 is 0 Å². The average Bonchev–Trinajstić information content (AvgIpc) is 2.54. The van der Waals surface area contributed by atoms with Crippen molar-refractivity contribution in [1.82, 2.24) is 0 Å². The van der Waals surface area contributed by atoms with Crippen LogP contribution in [0.25, 0.3) is 0 Å². The van der Waals surface area contributed by atoms with Gasteiger partial charge in [0.1, 0.15) is 6.23 Å². The summed E-state index contributed by atoms with van der Waals surface area (Å²) >= 11 is 0. The summed E-state index contributed by atoms with van der Waals surface area (Å²) in [6.45, 7) is 0.306. The highest BCUT2D eigenvalue weighted by Gasteiger charge is 2.03. The lowest BCUT2D eigenvalue weighted by Crippen LogP contribution is -2.21. The van der Waals surface area contributed by atoms with Crippen LogP contribution in [0.5, 0.6) is 0 Å². The number of anilines is 2. The summed E-state index contributed by atoms with van der Waals surface area (Å²) in [5, 5.41) is 12.1. The largest absolute Gasteiger partial charge is 0.362 e. The van der Waals surface area contributed by atoms with Gasteiger partial charge in [0.2, 0.25) is 0 Å². The smallest absolute Gasteiger partial charge is 0.126 e. The molecule has 110 valence electrons. The van der Waals surface area contributed by atoms with E-state index in [1.165, 1.54) is 0 Å². The van der Waals surface area contributed by atoms with Gasteiger partial charge in [-0.05, 0) is 24.3 Å². The van der Waals surface area contributed by atoms with Gasteiger partial charge in [-0.2, -0.15) is 0 Å². The van der Waals surface area contributed by atoms with E-state index < -0.39 is 6.23 Å². The Kier molecular flexibility index (Phi) is 5.78. The van der Waals surface area contributed by atoms with Gasteiger partial charge in [-0.15, -0.1) is 0 Å². The van der Waals surface area contributed by atoms with Crippen molar-refractivity contribution in [1.29, 1.82) is 0 Å². The van der Waals surface area contributed by atoms with Crippen molar-refractivity contribution < 1.29 is 9.94 Å². The molecule has 1 unspecified atom stereocenters. The minimum atomic E-state index is -0.534. The van der Waals surface area contributed by atoms with Crippen LogP contribution in [0.1, 0.15) is 5.56 Å². The molecule has 5 nitrogen and oxygen atoms in total. The topological polar surface area (TPSA) is 79.5 Å². The summed E-state index contributed by atoms with van der Waals surface area (Å²) in [6, 6.07) is 17.1. The second-order valence-electron chi connectivity index (χ2n) is 4.41. The molecule has 5 heteroatoms. The lowest BCUT2D eigenvalue weighted by molar-refractivity contribution is 0.0764. The van der Waals surface area contributed by atoms with Gasteiger partial charge in [0.15, 0.2) is 0 Å². The molecule has 0 bridgehead atoms. The van der Waals surface area contributed by atoms with Gasteiger partial charge in [0.25, 0.3) is 0 Å². The van der Waals surface area contributed by atoms with Gasteiger partial charge in [-0.3, -0.25) is 10.7 Å². The molecule has 0 aliphatic heterocycles. The highest BCUT2D eigenvalue weighted by Crippen LogP contribution is 2.15. The van der Waals surface area contributed by atoms with Crippen molar-refractivity contribution in [2.45, 2.75) is 12.8 Å². The number of benzene rings is 2. The number of para-hydroxylation sites is 2. The maximum absolute atomic E-state index is 8.99. The third kappa shape index (κ3) is 4.92. The molecule has 0 aliphatic rings. The molecular formula is C16H19N3O2. The number of hydrogen-bond acceptors (Lipinski definition) is 5. The number of nitrogens with two attached hydrogens (primary N) is 1. The highest BCUT2D eigenvalue weighted by molar-refractivity contribution is 5.48. The molecule has 0 aromatic heterocycles. The van der Waals surface area contributed by atoms with Gasteiger partial charge in [0, 0.05) is 17.5 Å². The molecule has 0 amide bonds. The first kappa shape index (κ1) is 15.1.